The second kappa shape index (κ2) is 8.36. The zero-order valence-corrected chi connectivity index (χ0v) is 10.8. The van der Waals surface area contributed by atoms with Gasteiger partial charge in [0.15, 0.2) is 0 Å². The molecule has 0 bridgehead atoms. The quantitative estimate of drug-likeness (QED) is 0.564. The number of rotatable bonds is 8. The Morgan fingerprint density at radius 1 is 1.28 bits per heavy atom. The molecule has 0 heterocycles. The number of methoxy groups -OCH3 is 1. The Balaban J connectivity index is 2.12. The van der Waals surface area contributed by atoms with E-state index < -0.39 is 0 Å². The molecule has 0 fully saturated rings. The first-order valence-corrected chi connectivity index (χ1v) is 5.87. The third-order valence-electron chi connectivity index (χ3n) is 2.19. The SMILES string of the molecule is CCOC(=O)COCCNc1ccc(OC)cc1. The summed E-state index contributed by atoms with van der Waals surface area (Å²) in [6.45, 7) is 3.23. The highest BCUT2D eigenvalue weighted by molar-refractivity contribution is 5.70. The van der Waals surface area contributed by atoms with E-state index in [9.17, 15) is 4.79 Å². The van der Waals surface area contributed by atoms with Crippen molar-refractivity contribution in [3.05, 3.63) is 24.3 Å². The van der Waals surface area contributed by atoms with Crippen LogP contribution in [0.25, 0.3) is 0 Å². The van der Waals surface area contributed by atoms with Gasteiger partial charge in [-0.3, -0.25) is 0 Å². The van der Waals surface area contributed by atoms with Gasteiger partial charge >= 0.3 is 5.97 Å². The minimum absolute atomic E-state index is 0.00185. The molecule has 0 aliphatic heterocycles. The minimum Gasteiger partial charge on any atom is -0.497 e. The molecule has 5 nitrogen and oxygen atoms in total. The molecule has 100 valence electrons. The molecule has 0 amide bonds. The van der Waals surface area contributed by atoms with Gasteiger partial charge in [0, 0.05) is 12.2 Å². The van der Waals surface area contributed by atoms with Crippen molar-refractivity contribution in [1.82, 2.24) is 0 Å². The molecule has 0 aliphatic rings. The van der Waals surface area contributed by atoms with Crippen molar-refractivity contribution in [2.45, 2.75) is 6.92 Å². The lowest BCUT2D eigenvalue weighted by atomic mass is 10.3. The normalized spacial score (nSPS) is 9.89. The van der Waals surface area contributed by atoms with Crippen LogP contribution in [0.2, 0.25) is 0 Å². The van der Waals surface area contributed by atoms with Gasteiger partial charge in [-0.25, -0.2) is 4.79 Å². The number of ether oxygens (including phenoxy) is 3. The van der Waals surface area contributed by atoms with E-state index in [2.05, 4.69) is 5.32 Å². The molecular formula is C13H19NO4. The van der Waals surface area contributed by atoms with E-state index in [1.807, 2.05) is 24.3 Å². The number of nitrogens with one attached hydrogen (secondary N) is 1. The molecule has 5 heteroatoms. The topological polar surface area (TPSA) is 56.8 Å². The molecule has 18 heavy (non-hydrogen) atoms. The lowest BCUT2D eigenvalue weighted by Gasteiger charge is -2.07. The summed E-state index contributed by atoms with van der Waals surface area (Å²) in [5.41, 5.74) is 0.982. The molecule has 0 saturated heterocycles. The van der Waals surface area contributed by atoms with Crippen LogP contribution in [0.15, 0.2) is 24.3 Å². The highest BCUT2D eigenvalue weighted by atomic mass is 16.6. The number of benzene rings is 1. The smallest absolute Gasteiger partial charge is 0.332 e. The highest BCUT2D eigenvalue weighted by Gasteiger charge is 2.00. The molecule has 1 aromatic carbocycles. The number of anilines is 1. The van der Waals surface area contributed by atoms with Gasteiger partial charge in [-0.1, -0.05) is 0 Å². The van der Waals surface area contributed by atoms with E-state index in [0.717, 1.165) is 11.4 Å². The lowest BCUT2D eigenvalue weighted by molar-refractivity contribution is -0.148. The summed E-state index contributed by atoms with van der Waals surface area (Å²) >= 11 is 0. The van der Waals surface area contributed by atoms with Gasteiger partial charge in [-0.05, 0) is 31.2 Å². The van der Waals surface area contributed by atoms with Crippen molar-refractivity contribution in [3.8, 4) is 5.75 Å². The zero-order valence-electron chi connectivity index (χ0n) is 10.8. The fourth-order valence-electron chi connectivity index (χ4n) is 1.33. The molecule has 0 aliphatic carbocycles. The Morgan fingerprint density at radius 2 is 2.00 bits per heavy atom. The standard InChI is InChI=1S/C13H19NO4/c1-3-18-13(15)10-17-9-8-14-11-4-6-12(16-2)7-5-11/h4-7,14H,3,8-10H2,1-2H3. The molecular weight excluding hydrogens is 234 g/mol. The van der Waals surface area contributed by atoms with Crippen molar-refractivity contribution in [2.24, 2.45) is 0 Å². The Hall–Kier alpha value is -1.75. The molecule has 0 radical (unpaired) electrons. The van der Waals surface area contributed by atoms with E-state index >= 15 is 0 Å². The summed E-state index contributed by atoms with van der Waals surface area (Å²) in [7, 11) is 1.63. The second-order valence-electron chi connectivity index (χ2n) is 3.51. The van der Waals surface area contributed by atoms with Crippen LogP contribution < -0.4 is 10.1 Å². The third-order valence-corrected chi connectivity index (χ3v) is 2.19. The Bertz CT molecular complexity index is 351. The maximum Gasteiger partial charge on any atom is 0.332 e. The number of esters is 1. The fourth-order valence-corrected chi connectivity index (χ4v) is 1.33. The van der Waals surface area contributed by atoms with E-state index in [4.69, 9.17) is 14.2 Å². The van der Waals surface area contributed by atoms with E-state index in [0.29, 0.717) is 19.8 Å². The second-order valence-corrected chi connectivity index (χ2v) is 3.51. The highest BCUT2D eigenvalue weighted by Crippen LogP contribution is 2.14. The molecule has 0 unspecified atom stereocenters. The van der Waals surface area contributed by atoms with Crippen LogP contribution in [0.3, 0.4) is 0 Å². The molecule has 1 aromatic rings. The minimum atomic E-state index is -0.332. The van der Waals surface area contributed by atoms with Crippen LogP contribution in [-0.2, 0) is 14.3 Å². The maximum atomic E-state index is 11.0. The van der Waals surface area contributed by atoms with Crippen molar-refractivity contribution < 1.29 is 19.0 Å². The van der Waals surface area contributed by atoms with Crippen LogP contribution in [0.4, 0.5) is 5.69 Å². The summed E-state index contributed by atoms with van der Waals surface area (Å²) in [4.78, 5) is 11.0. The van der Waals surface area contributed by atoms with Crippen molar-refractivity contribution in [1.29, 1.82) is 0 Å². The largest absolute Gasteiger partial charge is 0.497 e. The average molecular weight is 253 g/mol. The van der Waals surface area contributed by atoms with Crippen molar-refractivity contribution >= 4 is 11.7 Å². The van der Waals surface area contributed by atoms with Crippen molar-refractivity contribution in [2.75, 3.05) is 38.8 Å². The first kappa shape index (κ1) is 14.3. The summed E-state index contributed by atoms with van der Waals surface area (Å²) in [5.74, 6) is 0.487. The van der Waals surface area contributed by atoms with Gasteiger partial charge in [-0.2, -0.15) is 0 Å². The Kier molecular flexibility index (Phi) is 6.64. The van der Waals surface area contributed by atoms with Gasteiger partial charge in [0.25, 0.3) is 0 Å². The first-order chi connectivity index (χ1) is 8.76. The van der Waals surface area contributed by atoms with E-state index in [-0.39, 0.29) is 12.6 Å². The molecule has 1 N–H and O–H groups in total. The zero-order chi connectivity index (χ0) is 13.2. The van der Waals surface area contributed by atoms with E-state index in [1.54, 1.807) is 14.0 Å². The van der Waals surface area contributed by atoms with Crippen LogP contribution in [0.5, 0.6) is 5.75 Å². The summed E-state index contributed by atoms with van der Waals surface area (Å²) in [6, 6.07) is 7.60. The van der Waals surface area contributed by atoms with Gasteiger partial charge in [0.2, 0.25) is 0 Å². The summed E-state index contributed by atoms with van der Waals surface area (Å²) in [5, 5.41) is 3.17. The fraction of sp³-hybridized carbons (Fsp3) is 0.462. The first-order valence-electron chi connectivity index (χ1n) is 5.87. The number of carbonyl (C=O) groups excluding carboxylic acids is 1. The maximum absolute atomic E-state index is 11.0. The number of carbonyl (C=O) groups is 1. The number of hydrogen-bond donors (Lipinski definition) is 1. The molecule has 0 saturated carbocycles. The lowest BCUT2D eigenvalue weighted by Crippen LogP contribution is -2.16. The predicted octanol–water partition coefficient (Wildman–Crippen LogP) is 1.69. The molecule has 0 aromatic heterocycles. The monoisotopic (exact) mass is 253 g/mol. The predicted molar refractivity (Wildman–Crippen MR) is 68.9 cm³/mol. The number of hydrogen-bond acceptors (Lipinski definition) is 5. The van der Waals surface area contributed by atoms with Gasteiger partial charge in [-0.15, -0.1) is 0 Å². The van der Waals surface area contributed by atoms with E-state index in [1.165, 1.54) is 0 Å². The summed E-state index contributed by atoms with van der Waals surface area (Å²) < 4.78 is 14.9. The summed E-state index contributed by atoms with van der Waals surface area (Å²) in [6.07, 6.45) is 0. The van der Waals surface area contributed by atoms with Crippen LogP contribution >= 0.6 is 0 Å². The molecule has 0 atom stereocenters. The van der Waals surface area contributed by atoms with Crippen molar-refractivity contribution in [3.63, 3.8) is 0 Å². The van der Waals surface area contributed by atoms with Gasteiger partial charge < -0.3 is 19.5 Å². The average Bonchev–Trinajstić information content (AvgIpc) is 2.39. The van der Waals surface area contributed by atoms with Gasteiger partial charge in [0.1, 0.15) is 12.4 Å². The third kappa shape index (κ3) is 5.54. The Labute approximate surface area is 107 Å². The Morgan fingerprint density at radius 3 is 2.61 bits per heavy atom. The molecule has 1 rings (SSSR count). The van der Waals surface area contributed by atoms with Gasteiger partial charge in [0.05, 0.1) is 20.3 Å². The molecule has 0 spiro atoms. The van der Waals surface area contributed by atoms with Crippen LogP contribution in [0, 0.1) is 0 Å². The van der Waals surface area contributed by atoms with Crippen LogP contribution in [-0.4, -0.2) is 39.4 Å². The van der Waals surface area contributed by atoms with Crippen LogP contribution in [0.1, 0.15) is 6.92 Å².